The van der Waals surface area contributed by atoms with Crippen LogP contribution < -0.4 is 10.6 Å². The van der Waals surface area contributed by atoms with Crippen LogP contribution in [0.2, 0.25) is 0 Å². The first kappa shape index (κ1) is 16.6. The lowest BCUT2D eigenvalue weighted by atomic mass is 9.79. The number of hydrogen-bond acceptors (Lipinski definition) is 4. The first-order chi connectivity index (χ1) is 12.5. The van der Waals surface area contributed by atoms with Gasteiger partial charge in [-0.3, -0.25) is 15.0 Å². The summed E-state index contributed by atoms with van der Waals surface area (Å²) < 4.78 is 1.99. The number of nitriles is 1. The third-order valence-corrected chi connectivity index (χ3v) is 5.74. The number of hydrogen-bond donors (Lipinski definition) is 2. The van der Waals surface area contributed by atoms with Crippen molar-refractivity contribution in [1.82, 2.24) is 19.9 Å². The van der Waals surface area contributed by atoms with Crippen LogP contribution in [0.5, 0.6) is 0 Å². The average molecular weight is 351 g/mol. The molecule has 0 aromatic carbocycles. The molecule has 7 nitrogen and oxygen atoms in total. The van der Waals surface area contributed by atoms with Crippen LogP contribution in [-0.2, 0) is 11.3 Å². The Morgan fingerprint density at radius 3 is 2.73 bits per heavy atom. The van der Waals surface area contributed by atoms with E-state index in [2.05, 4.69) is 21.6 Å². The number of nitrogens with zero attached hydrogens (tertiary/aromatic N) is 3. The summed E-state index contributed by atoms with van der Waals surface area (Å²) in [5, 5.41) is 14.7. The number of nitrogens with one attached hydrogen (secondary N) is 2. The zero-order valence-electron chi connectivity index (χ0n) is 14.7. The van der Waals surface area contributed by atoms with Gasteiger partial charge < -0.3 is 9.72 Å². The maximum atomic E-state index is 12.1. The minimum absolute atomic E-state index is 0.119. The number of piperidine rings is 1. The maximum absolute atomic E-state index is 12.1. The van der Waals surface area contributed by atoms with Crippen molar-refractivity contribution in [3.05, 3.63) is 41.7 Å². The molecule has 3 amide bonds. The van der Waals surface area contributed by atoms with Crippen LogP contribution in [0.15, 0.2) is 30.6 Å². The number of likely N-dealkylation sites (tertiary alicyclic amines) is 1. The Morgan fingerprint density at radius 2 is 2.08 bits per heavy atom. The Hall–Kier alpha value is -2.85. The van der Waals surface area contributed by atoms with Crippen molar-refractivity contribution in [3.63, 3.8) is 0 Å². The van der Waals surface area contributed by atoms with Gasteiger partial charge in [-0.25, -0.2) is 4.79 Å². The lowest BCUT2D eigenvalue weighted by Gasteiger charge is -2.38. The highest BCUT2D eigenvalue weighted by molar-refractivity contribution is 6.06. The van der Waals surface area contributed by atoms with Crippen LogP contribution in [0.3, 0.4) is 0 Å². The van der Waals surface area contributed by atoms with Crippen LogP contribution in [0.4, 0.5) is 4.79 Å². The quantitative estimate of drug-likeness (QED) is 0.823. The number of pyridine rings is 1. The molecule has 0 bridgehead atoms. The molecule has 0 radical (unpaired) electrons. The fourth-order valence-electron chi connectivity index (χ4n) is 4.18. The van der Waals surface area contributed by atoms with E-state index in [0.717, 1.165) is 42.6 Å². The molecule has 26 heavy (non-hydrogen) atoms. The second-order valence-corrected chi connectivity index (χ2v) is 7.30. The van der Waals surface area contributed by atoms with Crippen LogP contribution in [0.25, 0.3) is 5.52 Å². The third-order valence-electron chi connectivity index (χ3n) is 5.74. The van der Waals surface area contributed by atoms with Crippen molar-refractivity contribution in [3.8, 4) is 6.07 Å². The number of aromatic nitrogens is 1. The topological polar surface area (TPSA) is 89.6 Å². The molecular formula is C19H21N5O2. The Morgan fingerprint density at radius 1 is 1.31 bits per heavy atom. The average Bonchev–Trinajstić information content (AvgIpc) is 3.11. The maximum Gasteiger partial charge on any atom is 0.322 e. The van der Waals surface area contributed by atoms with E-state index in [1.54, 1.807) is 0 Å². The van der Waals surface area contributed by atoms with Gasteiger partial charge in [0.25, 0.3) is 5.91 Å². The summed E-state index contributed by atoms with van der Waals surface area (Å²) in [6, 6.07) is 7.77. The van der Waals surface area contributed by atoms with Crippen LogP contribution in [-0.4, -0.2) is 39.9 Å². The van der Waals surface area contributed by atoms with Crippen molar-refractivity contribution in [2.75, 3.05) is 13.1 Å². The fraction of sp³-hybridized carbons (Fsp3) is 0.421. The van der Waals surface area contributed by atoms with E-state index in [9.17, 15) is 14.9 Å². The molecule has 0 spiro atoms. The van der Waals surface area contributed by atoms with Gasteiger partial charge in [-0.15, -0.1) is 0 Å². The van der Waals surface area contributed by atoms with Crippen molar-refractivity contribution >= 4 is 17.5 Å². The molecule has 2 N–H and O–H groups in total. The monoisotopic (exact) mass is 351 g/mol. The van der Waals surface area contributed by atoms with Gasteiger partial charge in [-0.1, -0.05) is 6.07 Å². The predicted octanol–water partition coefficient (Wildman–Crippen LogP) is 1.62. The minimum atomic E-state index is -0.814. The van der Waals surface area contributed by atoms with Crippen molar-refractivity contribution in [1.29, 1.82) is 5.26 Å². The van der Waals surface area contributed by atoms with Crippen LogP contribution >= 0.6 is 0 Å². The van der Waals surface area contributed by atoms with Crippen LogP contribution in [0.1, 0.15) is 30.9 Å². The van der Waals surface area contributed by atoms with E-state index in [0.29, 0.717) is 6.54 Å². The highest BCUT2D eigenvalue weighted by Gasteiger charge is 2.48. The Balaban J connectivity index is 1.46. The minimum Gasteiger partial charge on any atom is -0.323 e. The molecular weight excluding hydrogens is 330 g/mol. The molecule has 2 aromatic rings. The number of carbonyl (C=O) groups excluding carboxylic acids is 2. The largest absolute Gasteiger partial charge is 0.323 e. The van der Waals surface area contributed by atoms with Crippen molar-refractivity contribution in [2.45, 2.75) is 31.8 Å². The van der Waals surface area contributed by atoms with Crippen molar-refractivity contribution in [2.24, 2.45) is 5.92 Å². The predicted molar refractivity (Wildman–Crippen MR) is 95.2 cm³/mol. The molecule has 1 atom stereocenters. The molecule has 0 saturated carbocycles. The summed E-state index contributed by atoms with van der Waals surface area (Å²) in [6.45, 7) is 4.19. The molecule has 1 unspecified atom stereocenters. The standard InChI is InChI=1S/C19H21N5O2/c1-19(17(25)21-18(26)22-19)14-5-8-23(9-6-14)11-13-12-24-7-3-2-4-16(24)15(13)10-20/h2-4,7,12,14H,5-6,8-9,11H2,1H3,(H2,21,22,25,26). The van der Waals surface area contributed by atoms with E-state index in [4.69, 9.17) is 0 Å². The second kappa shape index (κ2) is 6.15. The highest BCUT2D eigenvalue weighted by Crippen LogP contribution is 2.31. The zero-order valence-corrected chi connectivity index (χ0v) is 14.7. The molecule has 7 heteroatoms. The van der Waals surface area contributed by atoms with E-state index >= 15 is 0 Å². The molecule has 2 aromatic heterocycles. The molecule has 4 heterocycles. The normalized spacial score (nSPS) is 24.5. The van der Waals surface area contributed by atoms with E-state index in [1.165, 1.54) is 0 Å². The number of fused-ring (bicyclic) bond motifs is 1. The smallest absolute Gasteiger partial charge is 0.322 e. The van der Waals surface area contributed by atoms with Gasteiger partial charge >= 0.3 is 6.03 Å². The summed E-state index contributed by atoms with van der Waals surface area (Å²) >= 11 is 0. The summed E-state index contributed by atoms with van der Waals surface area (Å²) in [4.78, 5) is 25.9. The summed E-state index contributed by atoms with van der Waals surface area (Å²) in [5.41, 5.74) is 1.86. The van der Waals surface area contributed by atoms with Gasteiger partial charge in [-0.05, 0) is 50.9 Å². The summed E-state index contributed by atoms with van der Waals surface area (Å²) in [7, 11) is 0. The number of rotatable bonds is 3. The summed E-state index contributed by atoms with van der Waals surface area (Å²) in [5.74, 6) is -0.111. The molecule has 2 aliphatic rings. The van der Waals surface area contributed by atoms with Gasteiger partial charge in [0.1, 0.15) is 11.6 Å². The molecule has 4 rings (SSSR count). The van der Waals surface area contributed by atoms with Gasteiger partial charge in [0.05, 0.1) is 11.1 Å². The first-order valence-corrected chi connectivity index (χ1v) is 8.86. The lowest BCUT2D eigenvalue weighted by molar-refractivity contribution is -0.125. The Bertz CT molecular complexity index is 920. The number of carbonyl (C=O) groups is 2. The molecule has 2 aliphatic heterocycles. The van der Waals surface area contributed by atoms with E-state index in [-0.39, 0.29) is 11.8 Å². The fourth-order valence-corrected chi connectivity index (χ4v) is 4.18. The second-order valence-electron chi connectivity index (χ2n) is 7.30. The van der Waals surface area contributed by atoms with Gasteiger partial charge in [0.2, 0.25) is 0 Å². The van der Waals surface area contributed by atoms with Gasteiger partial charge in [-0.2, -0.15) is 5.26 Å². The van der Waals surface area contributed by atoms with Crippen LogP contribution in [0, 0.1) is 17.2 Å². The number of urea groups is 1. The molecule has 0 aliphatic carbocycles. The van der Waals surface area contributed by atoms with E-state index in [1.807, 2.05) is 41.9 Å². The number of imide groups is 1. The SMILES string of the molecule is CC1(C2CCN(Cc3cn4ccccc4c3C#N)CC2)NC(=O)NC1=O. The Kier molecular flexibility index (Phi) is 3.93. The van der Waals surface area contributed by atoms with E-state index < -0.39 is 11.6 Å². The zero-order chi connectivity index (χ0) is 18.3. The molecule has 134 valence electrons. The lowest BCUT2D eigenvalue weighted by Crippen LogP contribution is -2.53. The number of amides is 3. The first-order valence-electron chi connectivity index (χ1n) is 8.86. The highest BCUT2D eigenvalue weighted by atomic mass is 16.2. The molecule has 2 saturated heterocycles. The summed E-state index contributed by atoms with van der Waals surface area (Å²) in [6.07, 6.45) is 5.64. The molecule has 2 fully saturated rings. The van der Waals surface area contributed by atoms with Gasteiger partial charge in [0, 0.05) is 24.5 Å². The third kappa shape index (κ3) is 2.63. The van der Waals surface area contributed by atoms with Gasteiger partial charge in [0.15, 0.2) is 0 Å². The van der Waals surface area contributed by atoms with Crippen molar-refractivity contribution < 1.29 is 9.59 Å². The Labute approximate surface area is 151 Å².